The van der Waals surface area contributed by atoms with Crippen molar-refractivity contribution in [2.45, 2.75) is 61.9 Å². The maximum absolute atomic E-state index is 15.4. The number of piperazine rings is 1. The molecule has 3 amide bonds. The molecule has 2 aliphatic rings. The van der Waals surface area contributed by atoms with E-state index < -0.39 is 69.0 Å². The Morgan fingerprint density at radius 1 is 1.08 bits per heavy atom. The molecule has 3 N–H and O–H groups in total. The molecule has 5 rings (SSSR count). The van der Waals surface area contributed by atoms with E-state index in [2.05, 4.69) is 15.6 Å². The number of carbonyl (C=O) groups is 3. The van der Waals surface area contributed by atoms with Gasteiger partial charge < -0.3 is 25.4 Å². The van der Waals surface area contributed by atoms with Crippen LogP contribution in [0.1, 0.15) is 48.8 Å². The highest BCUT2D eigenvalue weighted by Crippen LogP contribution is 2.36. The fourth-order valence-corrected chi connectivity index (χ4v) is 8.68. The van der Waals surface area contributed by atoms with Crippen molar-refractivity contribution in [1.29, 1.82) is 0 Å². The highest BCUT2D eigenvalue weighted by Gasteiger charge is 2.47. The number of alkyl carbamates (subject to hydrolysis) is 1. The molecule has 0 spiro atoms. The lowest BCUT2D eigenvalue weighted by molar-refractivity contribution is -0.118. The summed E-state index contributed by atoms with van der Waals surface area (Å²) >= 11 is 6.11. The van der Waals surface area contributed by atoms with Gasteiger partial charge in [0, 0.05) is 41.7 Å². The molecule has 16 heteroatoms. The average Bonchev–Trinajstić information content (AvgIpc) is 3.91. The minimum absolute atomic E-state index is 0.00200. The molecular formula is C33H36ClF2N5O7S. The number of rotatable bonds is 11. The molecule has 1 aromatic heterocycles. The molecule has 0 bridgehead atoms. The average molecular weight is 720 g/mol. The van der Waals surface area contributed by atoms with Crippen LogP contribution in [0, 0.1) is 11.6 Å². The predicted octanol–water partition coefficient (Wildman–Crippen LogP) is 4.99. The van der Waals surface area contributed by atoms with Crippen molar-refractivity contribution in [3.63, 3.8) is 0 Å². The zero-order valence-electron chi connectivity index (χ0n) is 26.7. The molecule has 4 atom stereocenters. The number of anilines is 1. The molecule has 2 fully saturated rings. The Kier molecular flexibility index (Phi) is 11.0. The zero-order valence-corrected chi connectivity index (χ0v) is 28.3. The topological polar surface area (TPSA) is 158 Å². The van der Waals surface area contributed by atoms with Crippen molar-refractivity contribution < 1.29 is 41.4 Å². The highest BCUT2D eigenvalue weighted by atomic mass is 35.5. The van der Waals surface area contributed by atoms with E-state index in [-0.39, 0.29) is 37.2 Å². The van der Waals surface area contributed by atoms with Crippen molar-refractivity contribution >= 4 is 45.4 Å². The lowest BCUT2D eigenvalue weighted by atomic mass is 9.84. The van der Waals surface area contributed by atoms with Crippen LogP contribution in [0.5, 0.6) is 0 Å². The number of sulfonamides is 1. The first kappa shape index (κ1) is 36.0. The summed E-state index contributed by atoms with van der Waals surface area (Å²) in [5.41, 5.74) is 0.780. The minimum atomic E-state index is -3.72. The zero-order chi connectivity index (χ0) is 35.5. The van der Waals surface area contributed by atoms with Gasteiger partial charge in [-0.2, -0.15) is 4.31 Å². The third kappa shape index (κ3) is 8.28. The number of nitrogens with zero attached hydrogens (tertiary/aromatic N) is 3. The number of amides is 3. The van der Waals surface area contributed by atoms with Gasteiger partial charge in [0.1, 0.15) is 17.7 Å². The van der Waals surface area contributed by atoms with Gasteiger partial charge in [-0.1, -0.05) is 35.9 Å². The summed E-state index contributed by atoms with van der Waals surface area (Å²) < 4.78 is 62.9. The third-order valence-corrected chi connectivity index (χ3v) is 11.5. The third-order valence-electron chi connectivity index (χ3n) is 8.72. The van der Waals surface area contributed by atoms with Gasteiger partial charge in [-0.25, -0.2) is 26.8 Å². The van der Waals surface area contributed by atoms with E-state index in [0.717, 1.165) is 18.2 Å². The van der Waals surface area contributed by atoms with Gasteiger partial charge in [0.2, 0.25) is 15.9 Å². The second kappa shape index (κ2) is 15.0. The summed E-state index contributed by atoms with van der Waals surface area (Å²) in [7, 11) is -2.61. The fourth-order valence-electron chi connectivity index (χ4n) is 6.32. The first-order valence-electron chi connectivity index (χ1n) is 15.6. The van der Waals surface area contributed by atoms with E-state index in [9.17, 15) is 32.3 Å². The molecule has 2 aromatic carbocycles. The predicted molar refractivity (Wildman–Crippen MR) is 177 cm³/mol. The molecule has 1 saturated carbocycles. The number of carboxylic acid groups (broad SMARTS) is 1. The summed E-state index contributed by atoms with van der Waals surface area (Å²) in [6, 6.07) is 9.05. The van der Waals surface area contributed by atoms with Gasteiger partial charge in [0.15, 0.2) is 0 Å². The normalized spacial score (nSPS) is 19.5. The number of benzene rings is 2. The molecule has 2 heterocycles. The number of hydrogen-bond acceptors (Lipinski definition) is 7. The largest absolute Gasteiger partial charge is 0.465 e. The van der Waals surface area contributed by atoms with E-state index in [1.807, 2.05) is 0 Å². The molecule has 2 unspecified atom stereocenters. The SMILES string of the molecule is COC(=O)N[C@H](C(=O)Nc1cncc(F)c1CCC1CN(C(=O)O)CC(C)N1S(=O)(=O)C1CC1)[C@@H](c1ccc(Cl)cc1)c1cccc(F)c1. The van der Waals surface area contributed by atoms with Crippen LogP contribution in [-0.4, -0.2) is 89.4 Å². The lowest BCUT2D eigenvalue weighted by Gasteiger charge is -2.44. The van der Waals surface area contributed by atoms with Crippen molar-refractivity contribution in [1.82, 2.24) is 19.5 Å². The van der Waals surface area contributed by atoms with Crippen molar-refractivity contribution in [2.24, 2.45) is 0 Å². The van der Waals surface area contributed by atoms with Crippen molar-refractivity contribution in [3.05, 3.63) is 94.3 Å². The van der Waals surface area contributed by atoms with E-state index in [1.54, 1.807) is 37.3 Å². The molecule has 0 radical (unpaired) electrons. The minimum Gasteiger partial charge on any atom is -0.465 e. The maximum atomic E-state index is 15.4. The van der Waals surface area contributed by atoms with Gasteiger partial charge in [-0.3, -0.25) is 9.78 Å². The first-order chi connectivity index (χ1) is 23.3. The molecule has 1 saturated heterocycles. The molecule has 12 nitrogen and oxygen atoms in total. The number of nitrogens with one attached hydrogen (secondary N) is 2. The maximum Gasteiger partial charge on any atom is 0.407 e. The first-order valence-corrected chi connectivity index (χ1v) is 17.5. The summed E-state index contributed by atoms with van der Waals surface area (Å²) in [6.07, 6.45) is 0.990. The Labute approximate surface area is 287 Å². The lowest BCUT2D eigenvalue weighted by Crippen LogP contribution is -2.61. The summed E-state index contributed by atoms with van der Waals surface area (Å²) in [5.74, 6) is -3.15. The highest BCUT2D eigenvalue weighted by molar-refractivity contribution is 7.90. The number of carbonyl (C=O) groups excluding carboxylic acids is 2. The van der Waals surface area contributed by atoms with E-state index in [4.69, 9.17) is 16.3 Å². The van der Waals surface area contributed by atoms with Gasteiger partial charge in [0.05, 0.1) is 30.4 Å². The van der Waals surface area contributed by atoms with Crippen LogP contribution in [0.4, 0.5) is 24.1 Å². The number of ether oxygens (including phenoxy) is 1. The Morgan fingerprint density at radius 3 is 2.43 bits per heavy atom. The number of halogens is 3. The Morgan fingerprint density at radius 2 is 1.80 bits per heavy atom. The van der Waals surface area contributed by atoms with Crippen LogP contribution >= 0.6 is 11.6 Å². The van der Waals surface area contributed by atoms with Crippen LogP contribution in [-0.2, 0) is 26.0 Å². The molecule has 262 valence electrons. The molecule has 49 heavy (non-hydrogen) atoms. The van der Waals surface area contributed by atoms with E-state index in [0.29, 0.717) is 29.0 Å². The Bertz CT molecular complexity index is 1810. The van der Waals surface area contributed by atoms with Crippen molar-refractivity contribution in [3.8, 4) is 0 Å². The second-order valence-electron chi connectivity index (χ2n) is 12.1. The van der Waals surface area contributed by atoms with Crippen LogP contribution < -0.4 is 10.6 Å². The number of pyridine rings is 1. The van der Waals surface area contributed by atoms with E-state index in [1.165, 1.54) is 28.7 Å². The van der Waals surface area contributed by atoms with Crippen LogP contribution in [0.15, 0.2) is 60.9 Å². The summed E-state index contributed by atoms with van der Waals surface area (Å²) in [4.78, 5) is 43.6. The molecular weight excluding hydrogens is 684 g/mol. The summed E-state index contributed by atoms with van der Waals surface area (Å²) in [5, 5.41) is 14.7. The van der Waals surface area contributed by atoms with Crippen LogP contribution in [0.2, 0.25) is 5.02 Å². The standard InChI is InChI=1S/C33H36ClF2N5O7S/c1-19-17-40(33(44)45)18-24(41(19)49(46,47)25-11-12-25)10-13-26-27(36)15-37-16-28(26)38-31(42)30(39-32(43)48-2)29(20-6-8-22(34)9-7-20)21-4-3-5-23(35)14-21/h3-9,14-16,19,24-25,29-30H,10-13,17-18H2,1-2H3,(H,38,42)(H,39,43)(H,44,45)/t19?,24?,29-,30-/m0/s1. The number of hydrogen-bond donors (Lipinski definition) is 3. The number of aromatic nitrogens is 1. The number of methoxy groups -OCH3 is 1. The molecule has 1 aliphatic carbocycles. The Balaban J connectivity index is 1.46. The fraction of sp³-hybridized carbons (Fsp3) is 0.394. The summed E-state index contributed by atoms with van der Waals surface area (Å²) in [6.45, 7) is 1.53. The monoisotopic (exact) mass is 719 g/mol. The van der Waals surface area contributed by atoms with Gasteiger partial charge >= 0.3 is 12.2 Å². The van der Waals surface area contributed by atoms with Crippen molar-refractivity contribution in [2.75, 3.05) is 25.5 Å². The van der Waals surface area contributed by atoms with E-state index >= 15 is 4.39 Å². The van der Waals surface area contributed by atoms with Gasteiger partial charge in [-0.05, 0) is 68.0 Å². The smallest absolute Gasteiger partial charge is 0.407 e. The van der Waals surface area contributed by atoms with Crippen LogP contribution in [0.25, 0.3) is 0 Å². The second-order valence-corrected chi connectivity index (χ2v) is 14.7. The van der Waals surface area contributed by atoms with Gasteiger partial charge in [-0.15, -0.1) is 0 Å². The van der Waals surface area contributed by atoms with Crippen LogP contribution in [0.3, 0.4) is 0 Å². The quantitative estimate of drug-likeness (QED) is 0.250. The van der Waals surface area contributed by atoms with Gasteiger partial charge in [0.25, 0.3) is 0 Å². The molecule has 1 aliphatic heterocycles. The molecule has 3 aromatic rings. The Hall–Kier alpha value is -4.34.